The molecule has 0 aromatic carbocycles. The molecule has 0 saturated heterocycles. The van der Waals surface area contributed by atoms with Gasteiger partial charge in [-0.2, -0.15) is 0 Å². The summed E-state index contributed by atoms with van der Waals surface area (Å²) in [6.45, 7) is 9.67. The summed E-state index contributed by atoms with van der Waals surface area (Å²) in [5, 5.41) is 12.6. The summed E-state index contributed by atoms with van der Waals surface area (Å²) >= 11 is 0. The highest BCUT2D eigenvalue weighted by molar-refractivity contribution is 6.43. The zero-order chi connectivity index (χ0) is 37.7. The molecule has 0 aromatic rings. The average molecular weight is 722 g/mol. The van der Waals surface area contributed by atoms with Crippen molar-refractivity contribution < 1.29 is 5.11 Å². The molecule has 3 radical (unpaired) electrons. The predicted octanol–water partition coefficient (Wildman–Crippen LogP) is 17.0. The third kappa shape index (κ3) is 22.6. The van der Waals surface area contributed by atoms with Crippen molar-refractivity contribution in [3.63, 3.8) is 0 Å². The molecule has 0 heterocycles. The van der Waals surface area contributed by atoms with Gasteiger partial charge in [0.25, 0.3) is 0 Å². The summed E-state index contributed by atoms with van der Waals surface area (Å²) in [6.07, 6.45) is 54.7. The SMILES string of the molecule is [B]C1(C)CCCC(O)(CC2(C)CCCCCCCCCCCCCCCCCCCCC2)CCCCCCCCCCCCCCCC1(C)[B]CC. The second-order valence-corrected chi connectivity index (χ2v) is 19.8. The van der Waals surface area contributed by atoms with Gasteiger partial charge in [-0.15, -0.1) is 0 Å². The molecule has 0 amide bonds. The fraction of sp³-hybridized carbons (Fsp3) is 1.00. The van der Waals surface area contributed by atoms with Crippen LogP contribution in [0.15, 0.2) is 0 Å². The summed E-state index contributed by atoms with van der Waals surface area (Å²) in [5.41, 5.74) is -0.312. The molecule has 2 aliphatic rings. The van der Waals surface area contributed by atoms with Crippen LogP contribution in [0.5, 0.6) is 0 Å². The van der Waals surface area contributed by atoms with Crippen molar-refractivity contribution in [3.05, 3.63) is 0 Å². The zero-order valence-corrected chi connectivity index (χ0v) is 36.6. The van der Waals surface area contributed by atoms with Crippen LogP contribution in [0.4, 0.5) is 0 Å². The van der Waals surface area contributed by atoms with E-state index < -0.39 is 5.60 Å². The normalized spacial score (nSPS) is 31.9. The van der Waals surface area contributed by atoms with Crippen molar-refractivity contribution in [2.45, 2.75) is 307 Å². The third-order valence-corrected chi connectivity index (χ3v) is 14.5. The van der Waals surface area contributed by atoms with Gasteiger partial charge >= 0.3 is 0 Å². The minimum absolute atomic E-state index is 0.0582. The fourth-order valence-corrected chi connectivity index (χ4v) is 10.5. The van der Waals surface area contributed by atoms with Crippen molar-refractivity contribution in [1.29, 1.82) is 0 Å². The Kier molecular flexibility index (Phi) is 27.2. The topological polar surface area (TPSA) is 20.2 Å². The van der Waals surface area contributed by atoms with E-state index in [1.807, 2.05) is 0 Å². The third-order valence-electron chi connectivity index (χ3n) is 14.5. The highest BCUT2D eigenvalue weighted by Gasteiger charge is 2.41. The standard InChI is InChI=1S/C49H95B2O/c1-5-51-48(4)42-36-32-28-24-20-16-13-17-21-25-29-33-37-43-49(52,44-38-41-47(48,3)50)45-46(2)39-34-30-26-22-18-14-11-9-7-6-8-10-12-15-19-23-27-31-35-40-46/h52H,5-45H2,1-4H3. The van der Waals surface area contributed by atoms with Crippen LogP contribution in [0, 0.1) is 5.41 Å². The van der Waals surface area contributed by atoms with E-state index in [1.54, 1.807) is 0 Å². The van der Waals surface area contributed by atoms with Gasteiger partial charge in [0.05, 0.1) is 13.4 Å². The van der Waals surface area contributed by atoms with Crippen molar-refractivity contribution >= 4 is 15.1 Å². The van der Waals surface area contributed by atoms with Crippen LogP contribution in [-0.4, -0.2) is 25.8 Å². The Morgan fingerprint density at radius 2 is 0.654 bits per heavy atom. The van der Waals surface area contributed by atoms with Gasteiger partial charge in [-0.25, -0.2) is 0 Å². The van der Waals surface area contributed by atoms with E-state index in [0.29, 0.717) is 0 Å². The highest BCUT2D eigenvalue weighted by Crippen LogP contribution is 2.56. The number of hydrogen-bond donors (Lipinski definition) is 1. The Labute approximate surface area is 331 Å². The molecule has 303 valence electrons. The maximum atomic E-state index is 12.7. The summed E-state index contributed by atoms with van der Waals surface area (Å²) in [6, 6.07) is 0. The first-order valence-electron chi connectivity index (χ1n) is 24.5. The summed E-state index contributed by atoms with van der Waals surface area (Å²) < 4.78 is 0. The van der Waals surface area contributed by atoms with Crippen molar-refractivity contribution in [2.24, 2.45) is 5.41 Å². The van der Waals surface area contributed by atoms with Gasteiger partial charge in [-0.1, -0.05) is 269 Å². The van der Waals surface area contributed by atoms with Crippen molar-refractivity contribution in [2.75, 3.05) is 0 Å². The Morgan fingerprint density at radius 3 is 0.981 bits per heavy atom. The fourth-order valence-electron chi connectivity index (χ4n) is 10.5. The molecule has 3 heteroatoms. The van der Waals surface area contributed by atoms with Crippen LogP contribution < -0.4 is 0 Å². The molecule has 1 nitrogen and oxygen atoms in total. The van der Waals surface area contributed by atoms with E-state index in [9.17, 15) is 5.11 Å². The molecule has 0 bridgehead atoms. The molecular weight excluding hydrogens is 626 g/mol. The van der Waals surface area contributed by atoms with E-state index in [4.69, 9.17) is 7.85 Å². The maximum absolute atomic E-state index is 12.7. The predicted molar refractivity (Wildman–Crippen MR) is 236 cm³/mol. The minimum atomic E-state index is -0.556. The zero-order valence-electron chi connectivity index (χ0n) is 36.6. The van der Waals surface area contributed by atoms with Crippen LogP contribution in [0.3, 0.4) is 0 Å². The monoisotopic (exact) mass is 722 g/mol. The van der Waals surface area contributed by atoms with Gasteiger partial charge in [-0.3, -0.25) is 0 Å². The summed E-state index contributed by atoms with van der Waals surface area (Å²) in [7, 11) is 9.87. The molecule has 3 atom stereocenters. The lowest BCUT2D eigenvalue weighted by molar-refractivity contribution is -0.0310. The first kappa shape index (κ1) is 48.2. The van der Waals surface area contributed by atoms with Gasteiger partial charge in [-0.05, 0) is 37.5 Å². The first-order valence-corrected chi connectivity index (χ1v) is 24.5. The molecule has 0 aromatic heterocycles. The average Bonchev–Trinajstić information content (AvgIpc) is 3.10. The quantitative estimate of drug-likeness (QED) is 0.287. The molecule has 2 aliphatic carbocycles. The van der Waals surface area contributed by atoms with Crippen LogP contribution >= 0.6 is 0 Å². The van der Waals surface area contributed by atoms with Crippen molar-refractivity contribution in [1.82, 2.24) is 0 Å². The van der Waals surface area contributed by atoms with Gasteiger partial charge < -0.3 is 5.11 Å². The van der Waals surface area contributed by atoms with Crippen LogP contribution in [-0.2, 0) is 0 Å². The van der Waals surface area contributed by atoms with E-state index in [1.165, 1.54) is 225 Å². The molecule has 0 spiro atoms. The second kappa shape index (κ2) is 29.3. The molecule has 3 unspecified atom stereocenters. The lowest BCUT2D eigenvalue weighted by Crippen LogP contribution is -2.37. The second-order valence-electron chi connectivity index (χ2n) is 19.8. The van der Waals surface area contributed by atoms with Gasteiger partial charge in [0, 0.05) is 0 Å². The smallest absolute Gasteiger partial charge is 0.116 e. The molecule has 0 aliphatic heterocycles. The largest absolute Gasteiger partial charge is 0.390 e. The number of rotatable bonds is 4. The molecule has 52 heavy (non-hydrogen) atoms. The molecule has 2 saturated carbocycles. The van der Waals surface area contributed by atoms with Crippen LogP contribution in [0.25, 0.3) is 0 Å². The van der Waals surface area contributed by atoms with Crippen LogP contribution in [0.1, 0.15) is 285 Å². The van der Waals surface area contributed by atoms with Crippen molar-refractivity contribution in [3.8, 4) is 0 Å². The number of hydrogen-bond acceptors (Lipinski definition) is 1. The Balaban J connectivity index is 2.12. The first-order chi connectivity index (χ1) is 25.1. The van der Waals surface area contributed by atoms with E-state index in [-0.39, 0.29) is 16.0 Å². The lowest BCUT2D eigenvalue weighted by atomic mass is 9.35. The molecular formula is C49H95B2O. The van der Waals surface area contributed by atoms with Gasteiger partial charge in [0.2, 0.25) is 0 Å². The van der Waals surface area contributed by atoms with Gasteiger partial charge in [0.15, 0.2) is 0 Å². The minimum Gasteiger partial charge on any atom is -0.390 e. The Bertz CT molecular complexity index is 789. The van der Waals surface area contributed by atoms with E-state index in [0.717, 1.165) is 38.4 Å². The Morgan fingerprint density at radius 1 is 0.385 bits per heavy atom. The molecule has 2 rings (SSSR count). The highest BCUT2D eigenvalue weighted by atomic mass is 16.3. The summed E-state index contributed by atoms with van der Waals surface area (Å²) in [4.78, 5) is 0. The molecule has 1 N–H and O–H groups in total. The van der Waals surface area contributed by atoms with Gasteiger partial charge in [0.1, 0.15) is 7.28 Å². The summed E-state index contributed by atoms with van der Waals surface area (Å²) in [5.74, 6) is 0. The lowest BCUT2D eigenvalue weighted by Gasteiger charge is -2.47. The number of aliphatic hydroxyl groups is 1. The van der Waals surface area contributed by atoms with Crippen LogP contribution in [0.2, 0.25) is 16.9 Å². The maximum Gasteiger partial charge on any atom is 0.116 e. The van der Waals surface area contributed by atoms with E-state index in [2.05, 4.69) is 35.0 Å². The molecule has 2 fully saturated rings. The van der Waals surface area contributed by atoms with E-state index >= 15 is 0 Å². The Hall–Kier alpha value is 0.0899.